The van der Waals surface area contributed by atoms with Crippen molar-refractivity contribution >= 4 is 18.0 Å². The molecule has 2 unspecified atom stereocenters. The zero-order chi connectivity index (χ0) is 23.7. The van der Waals surface area contributed by atoms with E-state index < -0.39 is 23.5 Å². The number of aliphatic carboxylic acids is 1. The Kier molecular flexibility index (Phi) is 6.02. The predicted octanol–water partition coefficient (Wildman–Crippen LogP) is 4.21. The zero-order valence-electron chi connectivity index (χ0n) is 19.1. The highest BCUT2D eigenvalue weighted by molar-refractivity contribution is 5.81. The molecule has 2 atom stereocenters. The number of rotatable bonds is 7. The van der Waals surface area contributed by atoms with Crippen LogP contribution in [0, 0.1) is 5.92 Å². The smallest absolute Gasteiger partial charge is 0.407 e. The van der Waals surface area contributed by atoms with Gasteiger partial charge < -0.3 is 20.5 Å². The van der Waals surface area contributed by atoms with Crippen LogP contribution in [0.4, 0.5) is 4.79 Å². The molecule has 0 aliphatic heterocycles. The van der Waals surface area contributed by atoms with Crippen LogP contribution in [0.2, 0.25) is 0 Å². The number of hydrogen-bond donors (Lipinski definition) is 3. The van der Waals surface area contributed by atoms with E-state index in [2.05, 4.69) is 34.9 Å². The van der Waals surface area contributed by atoms with Gasteiger partial charge in [0.2, 0.25) is 5.91 Å². The van der Waals surface area contributed by atoms with Crippen molar-refractivity contribution in [2.75, 3.05) is 6.61 Å². The van der Waals surface area contributed by atoms with Crippen LogP contribution in [0.25, 0.3) is 11.1 Å². The molecule has 2 fully saturated rings. The molecule has 0 saturated heterocycles. The minimum atomic E-state index is -0.858. The highest BCUT2D eigenvalue weighted by atomic mass is 16.5. The quantitative estimate of drug-likeness (QED) is 0.572. The molecule has 0 bridgehead atoms. The molecule has 3 aliphatic rings. The summed E-state index contributed by atoms with van der Waals surface area (Å²) in [6.07, 6.45) is 4.08. The Morgan fingerprint density at radius 3 is 2.18 bits per heavy atom. The average Bonchev–Trinajstić information content (AvgIpc) is 3.49. The molecule has 0 radical (unpaired) electrons. The summed E-state index contributed by atoms with van der Waals surface area (Å²) in [5.41, 5.74) is 4.05. The van der Waals surface area contributed by atoms with Crippen LogP contribution in [0.3, 0.4) is 0 Å². The SMILES string of the molecule is O=C(CC1(NC(=O)OCC2c3ccccc3-c3ccccc32)CC1)NC1CCCCC1C(=O)O. The van der Waals surface area contributed by atoms with E-state index in [1.807, 2.05) is 24.3 Å². The summed E-state index contributed by atoms with van der Waals surface area (Å²) in [5, 5.41) is 15.2. The molecule has 178 valence electrons. The van der Waals surface area contributed by atoms with Gasteiger partial charge in [-0.25, -0.2) is 4.79 Å². The fourth-order valence-electron chi connectivity index (χ4n) is 5.51. The Balaban J connectivity index is 1.16. The third kappa shape index (κ3) is 4.52. The Hall–Kier alpha value is -3.35. The normalized spacial score (nSPS) is 22.2. The fraction of sp³-hybridized carbons (Fsp3) is 0.444. The Labute approximate surface area is 198 Å². The van der Waals surface area contributed by atoms with Gasteiger partial charge in [0.1, 0.15) is 6.61 Å². The molecule has 7 heteroatoms. The van der Waals surface area contributed by atoms with Crippen LogP contribution in [0.5, 0.6) is 0 Å². The van der Waals surface area contributed by atoms with Gasteiger partial charge in [0.25, 0.3) is 0 Å². The fourth-order valence-corrected chi connectivity index (χ4v) is 5.51. The number of carboxylic acids is 1. The standard InChI is InChI=1S/C27H30N2O5/c30-24(28-23-12-6-5-11-21(23)25(31)32)15-27(13-14-27)29-26(33)34-16-22-19-9-3-1-7-17(19)18-8-2-4-10-20(18)22/h1-4,7-10,21-23H,5-6,11-16H2,(H,28,30)(H,29,33)(H,31,32). The van der Waals surface area contributed by atoms with E-state index in [9.17, 15) is 19.5 Å². The summed E-state index contributed by atoms with van der Waals surface area (Å²) in [5.74, 6) is -1.63. The number of hydrogen-bond acceptors (Lipinski definition) is 4. The first-order valence-electron chi connectivity index (χ1n) is 12.1. The van der Waals surface area contributed by atoms with Crippen molar-refractivity contribution in [1.29, 1.82) is 0 Å². The van der Waals surface area contributed by atoms with Gasteiger partial charge in [-0.15, -0.1) is 0 Å². The molecule has 0 aromatic heterocycles. The summed E-state index contributed by atoms with van der Waals surface area (Å²) in [4.78, 5) is 36.8. The maximum Gasteiger partial charge on any atom is 0.407 e. The predicted molar refractivity (Wildman–Crippen MR) is 126 cm³/mol. The first-order chi connectivity index (χ1) is 16.5. The number of amides is 2. The van der Waals surface area contributed by atoms with Crippen LogP contribution >= 0.6 is 0 Å². The first kappa shape index (κ1) is 22.4. The second-order valence-corrected chi connectivity index (χ2v) is 9.81. The van der Waals surface area contributed by atoms with Crippen LogP contribution in [0.1, 0.15) is 62.0 Å². The summed E-state index contributed by atoms with van der Waals surface area (Å²) in [7, 11) is 0. The maximum atomic E-state index is 12.7. The second-order valence-electron chi connectivity index (χ2n) is 9.81. The number of carbonyl (C=O) groups is 3. The summed E-state index contributed by atoms with van der Waals surface area (Å²) in [6, 6.07) is 16.0. The van der Waals surface area contributed by atoms with Gasteiger partial charge in [-0.2, -0.15) is 0 Å². The lowest BCUT2D eigenvalue weighted by Crippen LogP contribution is -2.48. The molecule has 34 heavy (non-hydrogen) atoms. The molecule has 2 aromatic carbocycles. The van der Waals surface area contributed by atoms with Gasteiger partial charge >= 0.3 is 12.1 Å². The van der Waals surface area contributed by atoms with Crippen molar-refractivity contribution in [3.8, 4) is 11.1 Å². The maximum absolute atomic E-state index is 12.7. The highest BCUT2D eigenvalue weighted by Crippen LogP contribution is 2.44. The van der Waals surface area contributed by atoms with Crippen molar-refractivity contribution < 1.29 is 24.2 Å². The van der Waals surface area contributed by atoms with Crippen molar-refractivity contribution in [2.45, 2.75) is 62.4 Å². The number of ether oxygens (including phenoxy) is 1. The Morgan fingerprint density at radius 1 is 0.941 bits per heavy atom. The van der Waals surface area contributed by atoms with Gasteiger partial charge in [-0.3, -0.25) is 9.59 Å². The molecule has 0 heterocycles. The van der Waals surface area contributed by atoms with Crippen LogP contribution in [-0.2, 0) is 14.3 Å². The number of carboxylic acid groups (broad SMARTS) is 1. The molecule has 2 amide bonds. The van der Waals surface area contributed by atoms with Gasteiger partial charge in [0.05, 0.1) is 11.5 Å². The van der Waals surface area contributed by atoms with E-state index in [4.69, 9.17) is 4.74 Å². The Bertz CT molecular complexity index is 1060. The van der Waals surface area contributed by atoms with Gasteiger partial charge in [-0.1, -0.05) is 61.4 Å². The van der Waals surface area contributed by atoms with Crippen LogP contribution in [0.15, 0.2) is 48.5 Å². The van der Waals surface area contributed by atoms with E-state index >= 15 is 0 Å². The van der Waals surface area contributed by atoms with Crippen molar-refractivity contribution in [3.05, 3.63) is 59.7 Å². The lowest BCUT2D eigenvalue weighted by Gasteiger charge is -2.30. The highest BCUT2D eigenvalue weighted by Gasteiger charge is 2.47. The topological polar surface area (TPSA) is 105 Å². The summed E-state index contributed by atoms with van der Waals surface area (Å²) < 4.78 is 5.64. The van der Waals surface area contributed by atoms with E-state index in [1.165, 1.54) is 11.1 Å². The van der Waals surface area contributed by atoms with Gasteiger partial charge in [0.15, 0.2) is 0 Å². The molecule has 2 saturated carbocycles. The van der Waals surface area contributed by atoms with E-state index in [-0.39, 0.29) is 30.9 Å². The molecular weight excluding hydrogens is 432 g/mol. The third-order valence-electron chi connectivity index (χ3n) is 7.49. The number of nitrogens with one attached hydrogen (secondary N) is 2. The van der Waals surface area contributed by atoms with Crippen molar-refractivity contribution in [3.63, 3.8) is 0 Å². The van der Waals surface area contributed by atoms with Crippen molar-refractivity contribution in [2.24, 2.45) is 5.92 Å². The molecule has 3 N–H and O–H groups in total. The molecular formula is C27H30N2O5. The molecule has 7 nitrogen and oxygen atoms in total. The molecule has 5 rings (SSSR count). The number of benzene rings is 2. The van der Waals surface area contributed by atoms with E-state index in [1.54, 1.807) is 0 Å². The number of carbonyl (C=O) groups excluding carboxylic acids is 2. The second kappa shape index (κ2) is 9.12. The Morgan fingerprint density at radius 2 is 1.56 bits per heavy atom. The summed E-state index contributed by atoms with van der Waals surface area (Å²) >= 11 is 0. The third-order valence-corrected chi connectivity index (χ3v) is 7.49. The first-order valence-corrected chi connectivity index (χ1v) is 12.1. The zero-order valence-corrected chi connectivity index (χ0v) is 19.1. The average molecular weight is 463 g/mol. The van der Waals surface area contributed by atoms with Gasteiger partial charge in [0, 0.05) is 18.4 Å². The molecule has 0 spiro atoms. The van der Waals surface area contributed by atoms with Crippen LogP contribution in [-0.4, -0.2) is 41.3 Å². The lowest BCUT2D eigenvalue weighted by molar-refractivity contribution is -0.144. The number of fused-ring (bicyclic) bond motifs is 3. The number of alkyl carbamates (subject to hydrolysis) is 1. The largest absolute Gasteiger partial charge is 0.481 e. The lowest BCUT2D eigenvalue weighted by atomic mass is 9.84. The monoisotopic (exact) mass is 462 g/mol. The molecule has 3 aliphatic carbocycles. The minimum absolute atomic E-state index is 0.0177. The summed E-state index contributed by atoms with van der Waals surface area (Å²) in [6.45, 7) is 0.227. The van der Waals surface area contributed by atoms with Gasteiger partial charge in [-0.05, 0) is 47.9 Å². The van der Waals surface area contributed by atoms with E-state index in [0.717, 1.165) is 24.0 Å². The van der Waals surface area contributed by atoms with Crippen LogP contribution < -0.4 is 10.6 Å². The molecule has 2 aromatic rings. The van der Waals surface area contributed by atoms with Crippen molar-refractivity contribution in [1.82, 2.24) is 10.6 Å². The van der Waals surface area contributed by atoms with E-state index in [0.29, 0.717) is 25.7 Å². The minimum Gasteiger partial charge on any atom is -0.481 e.